The maximum absolute atomic E-state index is 10.9. The molecule has 1 aromatic carbocycles. The molecule has 0 radical (unpaired) electrons. The van der Waals surface area contributed by atoms with Crippen molar-refractivity contribution < 1.29 is 19.4 Å². The number of hydrogen-bond acceptors (Lipinski definition) is 4. The quantitative estimate of drug-likeness (QED) is 0.630. The number of carboxylic acid groups (broad SMARTS) is 1. The van der Waals surface area contributed by atoms with Crippen molar-refractivity contribution in [3.63, 3.8) is 0 Å². The molecule has 0 atom stereocenters. The van der Waals surface area contributed by atoms with E-state index in [0.29, 0.717) is 6.61 Å². The number of likely N-dealkylation sites (tertiary alicyclic amines) is 1. The Kier molecular flexibility index (Phi) is 8.24. The second-order valence-electron chi connectivity index (χ2n) is 7.66. The number of ether oxygens (including phenoxy) is 2. The molecule has 152 valence electrons. The molecule has 0 bridgehead atoms. The normalized spacial score (nSPS) is 17.8. The topological polar surface area (TPSA) is 59.0 Å². The summed E-state index contributed by atoms with van der Waals surface area (Å²) in [7, 11) is 0. The molecule has 6 heteroatoms. The van der Waals surface area contributed by atoms with Crippen LogP contribution in [0.3, 0.4) is 0 Å². The number of nitrogens with zero attached hydrogens (tertiary/aromatic N) is 1. The molecule has 5 nitrogen and oxygen atoms in total. The van der Waals surface area contributed by atoms with E-state index in [0.717, 1.165) is 50.5 Å². The SMILES string of the molecule is CCCCCCCOc1ccc2c(c1)C1(CCN(CC(=O)O)CC1)CO2.Cl. The van der Waals surface area contributed by atoms with Crippen molar-refractivity contribution in [2.24, 2.45) is 0 Å². The Hall–Kier alpha value is -1.46. The van der Waals surface area contributed by atoms with E-state index < -0.39 is 5.97 Å². The molecule has 2 aliphatic rings. The van der Waals surface area contributed by atoms with Crippen LogP contribution in [0.25, 0.3) is 0 Å². The van der Waals surface area contributed by atoms with E-state index >= 15 is 0 Å². The van der Waals surface area contributed by atoms with E-state index in [2.05, 4.69) is 13.0 Å². The number of fused-ring (bicyclic) bond motifs is 2. The first-order valence-corrected chi connectivity index (χ1v) is 9.97. The van der Waals surface area contributed by atoms with Crippen LogP contribution in [0, 0.1) is 0 Å². The molecule has 1 fully saturated rings. The maximum atomic E-state index is 10.9. The highest BCUT2D eigenvalue weighted by Gasteiger charge is 2.43. The molecule has 1 aromatic rings. The van der Waals surface area contributed by atoms with Crippen LogP contribution in [0.5, 0.6) is 11.5 Å². The first kappa shape index (κ1) is 21.8. The highest BCUT2D eigenvalue weighted by Crippen LogP contribution is 2.46. The van der Waals surface area contributed by atoms with Gasteiger partial charge in [0.05, 0.1) is 19.8 Å². The predicted octanol–water partition coefficient (Wildman–Crippen LogP) is 4.27. The summed E-state index contributed by atoms with van der Waals surface area (Å²) in [6.45, 7) is 5.43. The summed E-state index contributed by atoms with van der Waals surface area (Å²) in [6, 6.07) is 6.19. The summed E-state index contributed by atoms with van der Waals surface area (Å²) in [4.78, 5) is 12.9. The molecule has 0 amide bonds. The lowest BCUT2D eigenvalue weighted by atomic mass is 9.74. The summed E-state index contributed by atoms with van der Waals surface area (Å²) in [5, 5.41) is 8.98. The van der Waals surface area contributed by atoms with Gasteiger partial charge in [0, 0.05) is 11.0 Å². The highest BCUT2D eigenvalue weighted by atomic mass is 35.5. The number of unbranched alkanes of at least 4 members (excludes halogenated alkanes) is 4. The average Bonchev–Trinajstić information content (AvgIpc) is 2.98. The van der Waals surface area contributed by atoms with Gasteiger partial charge in [-0.05, 0) is 50.6 Å². The number of hydrogen-bond donors (Lipinski definition) is 1. The Morgan fingerprint density at radius 1 is 1.22 bits per heavy atom. The van der Waals surface area contributed by atoms with Crippen molar-refractivity contribution in [3.05, 3.63) is 23.8 Å². The Balaban J connectivity index is 0.00000261. The summed E-state index contributed by atoms with van der Waals surface area (Å²) in [5.74, 6) is 1.14. The van der Waals surface area contributed by atoms with E-state index in [1.165, 1.54) is 31.2 Å². The van der Waals surface area contributed by atoms with E-state index in [-0.39, 0.29) is 24.4 Å². The van der Waals surface area contributed by atoms with Crippen LogP contribution >= 0.6 is 12.4 Å². The van der Waals surface area contributed by atoms with Gasteiger partial charge in [0.1, 0.15) is 11.5 Å². The van der Waals surface area contributed by atoms with Crippen LogP contribution in [0.1, 0.15) is 57.4 Å². The number of rotatable bonds is 9. The third-order valence-electron chi connectivity index (χ3n) is 5.72. The third-order valence-corrected chi connectivity index (χ3v) is 5.72. The zero-order valence-electron chi connectivity index (χ0n) is 16.2. The van der Waals surface area contributed by atoms with Crippen molar-refractivity contribution in [1.29, 1.82) is 0 Å². The molecule has 3 rings (SSSR count). The molecule has 1 N–H and O–H groups in total. The van der Waals surface area contributed by atoms with Gasteiger partial charge in [-0.2, -0.15) is 0 Å². The molecule has 2 heterocycles. The standard InChI is InChI=1S/C21H31NO4.ClH/c1-2-3-4-5-6-13-25-17-7-8-19-18(14-17)21(16-26-19)9-11-22(12-10-21)15-20(23)24;/h7-8,14H,2-6,9-13,15-16H2,1H3,(H,23,24);1H. The van der Waals surface area contributed by atoms with E-state index in [1.807, 2.05) is 17.0 Å². The van der Waals surface area contributed by atoms with Gasteiger partial charge in [0.2, 0.25) is 0 Å². The van der Waals surface area contributed by atoms with Crippen LogP contribution in [0.15, 0.2) is 18.2 Å². The fraction of sp³-hybridized carbons (Fsp3) is 0.667. The molecular formula is C21H32ClNO4. The third kappa shape index (κ3) is 5.52. The molecule has 2 aliphatic heterocycles. The number of piperidine rings is 1. The maximum Gasteiger partial charge on any atom is 0.317 e. The minimum Gasteiger partial charge on any atom is -0.494 e. The number of aliphatic carboxylic acids is 1. The first-order valence-electron chi connectivity index (χ1n) is 9.97. The second kappa shape index (κ2) is 10.2. The van der Waals surface area contributed by atoms with Gasteiger partial charge in [-0.15, -0.1) is 12.4 Å². The summed E-state index contributed by atoms with van der Waals surface area (Å²) in [5.41, 5.74) is 1.26. The molecule has 0 saturated carbocycles. The molecule has 0 unspecified atom stereocenters. The number of benzene rings is 1. The van der Waals surface area contributed by atoms with Crippen molar-refractivity contribution in [3.8, 4) is 11.5 Å². The summed E-state index contributed by atoms with van der Waals surface area (Å²) >= 11 is 0. The van der Waals surface area contributed by atoms with Crippen LogP contribution in [0.2, 0.25) is 0 Å². The largest absolute Gasteiger partial charge is 0.494 e. The van der Waals surface area contributed by atoms with Gasteiger partial charge in [0.15, 0.2) is 0 Å². The van der Waals surface area contributed by atoms with Gasteiger partial charge in [0.25, 0.3) is 0 Å². The van der Waals surface area contributed by atoms with Crippen LogP contribution in [-0.4, -0.2) is 48.8 Å². The Labute approximate surface area is 168 Å². The van der Waals surface area contributed by atoms with Gasteiger partial charge in [-0.1, -0.05) is 32.6 Å². The molecule has 0 aromatic heterocycles. The van der Waals surface area contributed by atoms with E-state index in [9.17, 15) is 4.79 Å². The monoisotopic (exact) mass is 397 g/mol. The smallest absolute Gasteiger partial charge is 0.317 e. The Morgan fingerprint density at radius 2 is 1.96 bits per heavy atom. The van der Waals surface area contributed by atoms with Crippen LogP contribution in [0.4, 0.5) is 0 Å². The Bertz CT molecular complexity index is 614. The van der Waals surface area contributed by atoms with Gasteiger partial charge in [-0.25, -0.2) is 0 Å². The molecule has 27 heavy (non-hydrogen) atoms. The lowest BCUT2D eigenvalue weighted by Crippen LogP contribution is -2.45. The Morgan fingerprint density at radius 3 is 2.67 bits per heavy atom. The number of carboxylic acids is 1. The summed E-state index contributed by atoms with van der Waals surface area (Å²) in [6.07, 6.45) is 8.05. The lowest BCUT2D eigenvalue weighted by Gasteiger charge is -2.37. The van der Waals surface area contributed by atoms with E-state index in [4.69, 9.17) is 14.6 Å². The fourth-order valence-corrected chi connectivity index (χ4v) is 4.07. The zero-order chi connectivity index (χ0) is 18.4. The summed E-state index contributed by atoms with van der Waals surface area (Å²) < 4.78 is 11.9. The van der Waals surface area contributed by atoms with Crippen molar-refractivity contribution >= 4 is 18.4 Å². The van der Waals surface area contributed by atoms with E-state index in [1.54, 1.807) is 0 Å². The highest BCUT2D eigenvalue weighted by molar-refractivity contribution is 5.85. The van der Waals surface area contributed by atoms with Gasteiger partial charge >= 0.3 is 5.97 Å². The van der Waals surface area contributed by atoms with Crippen molar-refractivity contribution in [2.45, 2.75) is 57.3 Å². The van der Waals surface area contributed by atoms with Gasteiger partial charge < -0.3 is 14.6 Å². The lowest BCUT2D eigenvalue weighted by molar-refractivity contribution is -0.138. The minimum absolute atomic E-state index is 0. The number of halogens is 1. The molecule has 1 saturated heterocycles. The fourth-order valence-electron chi connectivity index (χ4n) is 4.07. The van der Waals surface area contributed by atoms with Crippen LogP contribution < -0.4 is 9.47 Å². The molecule has 0 aliphatic carbocycles. The second-order valence-corrected chi connectivity index (χ2v) is 7.66. The first-order chi connectivity index (χ1) is 12.6. The number of carbonyl (C=O) groups is 1. The zero-order valence-corrected chi connectivity index (χ0v) is 17.1. The molecular weight excluding hydrogens is 366 g/mol. The molecule has 1 spiro atoms. The van der Waals surface area contributed by atoms with Crippen molar-refractivity contribution in [2.75, 3.05) is 32.8 Å². The minimum atomic E-state index is -0.751. The predicted molar refractivity (Wildman–Crippen MR) is 108 cm³/mol. The van der Waals surface area contributed by atoms with Crippen molar-refractivity contribution in [1.82, 2.24) is 4.90 Å². The average molecular weight is 398 g/mol. The van der Waals surface area contributed by atoms with Gasteiger partial charge in [-0.3, -0.25) is 9.69 Å². The van der Waals surface area contributed by atoms with Crippen LogP contribution in [-0.2, 0) is 10.2 Å².